The minimum atomic E-state index is -0.963. The van der Waals surface area contributed by atoms with Gasteiger partial charge in [-0.2, -0.15) is 0 Å². The Bertz CT molecular complexity index is 1800. The number of likely N-dealkylation sites (N-methyl/N-ethyl adjacent to an activating group) is 2. The van der Waals surface area contributed by atoms with Gasteiger partial charge in [-0.15, -0.1) is 0 Å². The summed E-state index contributed by atoms with van der Waals surface area (Å²) in [7, 11) is 8.44. The zero-order valence-electron chi connectivity index (χ0n) is 44.5. The molecule has 0 saturated carbocycles. The van der Waals surface area contributed by atoms with E-state index in [4.69, 9.17) is 18.9 Å². The molecule has 69 heavy (non-hydrogen) atoms. The minimum Gasteiger partial charge on any atom is -0.464 e. The van der Waals surface area contributed by atoms with Gasteiger partial charge < -0.3 is 50.0 Å². The first-order valence-corrected chi connectivity index (χ1v) is 24.7. The van der Waals surface area contributed by atoms with Crippen LogP contribution in [0, 0.1) is 23.7 Å². The summed E-state index contributed by atoms with van der Waals surface area (Å²) >= 11 is 0. The molecular weight excluding hydrogens is 887 g/mol. The van der Waals surface area contributed by atoms with Gasteiger partial charge in [0.15, 0.2) is 0 Å². The molecule has 0 radical (unpaired) electrons. The van der Waals surface area contributed by atoms with E-state index in [1.807, 2.05) is 90.9 Å². The van der Waals surface area contributed by atoms with Crippen molar-refractivity contribution in [2.75, 3.05) is 55.1 Å². The van der Waals surface area contributed by atoms with Crippen LogP contribution in [-0.2, 0) is 54.1 Å². The van der Waals surface area contributed by atoms with E-state index < -0.39 is 83.9 Å². The fourth-order valence-electron chi connectivity index (χ4n) is 9.02. The van der Waals surface area contributed by atoms with Crippen LogP contribution in [0.15, 0.2) is 30.3 Å². The first-order chi connectivity index (χ1) is 32.3. The number of carbonyl (C=O) groups excluding carboxylic acids is 7. The molecule has 1 aliphatic rings. The number of rotatable bonds is 27. The van der Waals surface area contributed by atoms with E-state index in [0.717, 1.165) is 5.56 Å². The Morgan fingerprint density at radius 1 is 0.826 bits per heavy atom. The average molecular weight is 974 g/mol. The summed E-state index contributed by atoms with van der Waals surface area (Å²) in [6.45, 7) is 20.7. The molecule has 18 nitrogen and oxygen atoms in total. The Hall–Kier alpha value is -4.81. The fraction of sp³-hybridized carbons (Fsp3) is 0.745. The monoisotopic (exact) mass is 974 g/mol. The summed E-state index contributed by atoms with van der Waals surface area (Å²) in [5.74, 6) is -3.26. The second-order valence-electron chi connectivity index (χ2n) is 20.4. The average Bonchev–Trinajstić information content (AvgIpc) is 3.76. The molecule has 0 spiro atoms. The summed E-state index contributed by atoms with van der Waals surface area (Å²) in [5, 5.41) is 11.3. The van der Waals surface area contributed by atoms with Gasteiger partial charge in [-0.25, -0.2) is 9.59 Å². The van der Waals surface area contributed by atoms with Gasteiger partial charge in [0, 0.05) is 40.8 Å². The predicted molar refractivity (Wildman–Crippen MR) is 265 cm³/mol. The van der Waals surface area contributed by atoms with E-state index >= 15 is 0 Å². The van der Waals surface area contributed by atoms with Crippen molar-refractivity contribution < 1.29 is 52.5 Å². The number of methoxy groups -OCH3 is 2. The van der Waals surface area contributed by atoms with Crippen molar-refractivity contribution in [1.29, 1.82) is 0 Å². The summed E-state index contributed by atoms with van der Waals surface area (Å²) in [4.78, 5) is 99.9. The molecule has 1 aromatic carbocycles. The standard InChI is InChI=1S/C51H87N7O11/c1-17-33(6)43(57(14)48(63)41(31(2)3)55-47(62)42(32(4)5)56(12)13)39(66-15)30-40(59)58-27-21-25-38(58)44(67-16)34(7)45(60)54-37(29-36-23-19-18-20-24-36)46(61)52-26-22-28-68-49(64)35(8)53-50(65)69-51(9,10)11/h18-20,23-24,31-35,37-39,41-44H,17,21-22,25-30H2,1-16H3,(H,52,61)(H,53,65)(H,54,60)(H,55,62)/t33-,34+,35-,37-,38-,39+,41-,42?,43?,44+/m0/s1. The highest BCUT2D eigenvalue weighted by Gasteiger charge is 2.43. The minimum absolute atomic E-state index is 0.0161. The highest BCUT2D eigenvalue weighted by molar-refractivity contribution is 5.91. The number of ether oxygens (including phenoxy) is 4. The Kier molecular flexibility index (Phi) is 25.1. The summed E-state index contributed by atoms with van der Waals surface area (Å²) in [6, 6.07) is 5.18. The van der Waals surface area contributed by atoms with Crippen LogP contribution in [0.3, 0.4) is 0 Å². The quantitative estimate of drug-likeness (QED) is 0.0717. The third kappa shape index (κ3) is 18.8. The molecule has 6 amide bonds. The van der Waals surface area contributed by atoms with Crippen LogP contribution in [-0.4, -0.2) is 165 Å². The van der Waals surface area contributed by atoms with Crippen LogP contribution >= 0.6 is 0 Å². The molecule has 1 saturated heterocycles. The van der Waals surface area contributed by atoms with Gasteiger partial charge in [0.25, 0.3) is 0 Å². The van der Waals surface area contributed by atoms with E-state index in [-0.39, 0.29) is 67.9 Å². The van der Waals surface area contributed by atoms with Crippen molar-refractivity contribution in [3.8, 4) is 0 Å². The number of carbonyl (C=O) groups is 7. The molecule has 1 heterocycles. The van der Waals surface area contributed by atoms with Crippen molar-refractivity contribution in [1.82, 2.24) is 36.0 Å². The number of esters is 1. The molecule has 2 unspecified atom stereocenters. The van der Waals surface area contributed by atoms with Crippen LogP contribution in [0.4, 0.5) is 4.79 Å². The molecule has 0 aliphatic carbocycles. The predicted octanol–water partition coefficient (Wildman–Crippen LogP) is 4.32. The van der Waals surface area contributed by atoms with Crippen molar-refractivity contribution in [2.45, 2.75) is 169 Å². The Balaban J connectivity index is 2.21. The molecule has 1 aliphatic heterocycles. The number of hydrogen-bond acceptors (Lipinski definition) is 12. The van der Waals surface area contributed by atoms with Crippen LogP contribution in [0.5, 0.6) is 0 Å². The second kappa shape index (κ2) is 28.8. The van der Waals surface area contributed by atoms with Crippen LogP contribution in [0.2, 0.25) is 0 Å². The lowest BCUT2D eigenvalue weighted by molar-refractivity contribution is -0.148. The summed E-state index contributed by atoms with van der Waals surface area (Å²) in [6.07, 6.45) is 0.254. The number of alkyl carbamates (subject to hydrolysis) is 1. The number of nitrogens with zero attached hydrogens (tertiary/aromatic N) is 3. The summed E-state index contributed by atoms with van der Waals surface area (Å²) in [5.41, 5.74) is 0.0960. The van der Waals surface area contributed by atoms with E-state index in [1.165, 1.54) is 21.1 Å². The number of likely N-dealkylation sites (tertiary alicyclic amines) is 1. The van der Waals surface area contributed by atoms with Gasteiger partial charge in [-0.1, -0.05) is 85.2 Å². The lowest BCUT2D eigenvalue weighted by Crippen LogP contribution is -2.59. The second-order valence-corrected chi connectivity index (χ2v) is 20.4. The SMILES string of the molecule is CC[C@H](C)C([C@@H](CC(=O)N1CCC[C@H]1[C@H](OC)[C@@H](C)C(=O)N[C@@H](Cc1ccccc1)C(=O)NCCCOC(=O)[C@H](C)NC(=O)OC(C)(C)C)OC)N(C)C(=O)[C@@H](NC(=O)C(C(C)C)N(C)C)C(C)C. The largest absolute Gasteiger partial charge is 0.464 e. The van der Waals surface area contributed by atoms with Crippen LogP contribution in [0.1, 0.15) is 114 Å². The maximum atomic E-state index is 14.4. The van der Waals surface area contributed by atoms with E-state index in [9.17, 15) is 33.6 Å². The van der Waals surface area contributed by atoms with Crippen molar-refractivity contribution in [2.24, 2.45) is 23.7 Å². The lowest BCUT2D eigenvalue weighted by atomic mass is 9.89. The van der Waals surface area contributed by atoms with Crippen molar-refractivity contribution in [3.63, 3.8) is 0 Å². The van der Waals surface area contributed by atoms with E-state index in [1.54, 1.807) is 44.5 Å². The highest BCUT2D eigenvalue weighted by atomic mass is 16.6. The molecule has 4 N–H and O–H groups in total. The van der Waals surface area contributed by atoms with Gasteiger partial charge in [0.05, 0.1) is 49.3 Å². The zero-order valence-corrected chi connectivity index (χ0v) is 44.5. The fourth-order valence-corrected chi connectivity index (χ4v) is 9.02. The molecule has 1 fully saturated rings. The maximum absolute atomic E-state index is 14.4. The van der Waals surface area contributed by atoms with Crippen molar-refractivity contribution >= 4 is 41.6 Å². The molecule has 18 heteroatoms. The zero-order chi connectivity index (χ0) is 52.3. The molecule has 0 aromatic heterocycles. The van der Waals surface area contributed by atoms with E-state index in [2.05, 4.69) is 21.3 Å². The topological polar surface area (TPSA) is 214 Å². The normalized spacial score (nSPS) is 18.0. The molecule has 392 valence electrons. The van der Waals surface area contributed by atoms with Crippen LogP contribution < -0.4 is 21.3 Å². The van der Waals surface area contributed by atoms with Crippen LogP contribution in [0.25, 0.3) is 0 Å². The summed E-state index contributed by atoms with van der Waals surface area (Å²) < 4.78 is 22.6. The third-order valence-corrected chi connectivity index (χ3v) is 12.8. The number of amides is 6. The Morgan fingerprint density at radius 3 is 2.00 bits per heavy atom. The Morgan fingerprint density at radius 2 is 1.46 bits per heavy atom. The number of nitrogens with one attached hydrogen (secondary N) is 4. The van der Waals surface area contributed by atoms with Gasteiger partial charge in [-0.3, -0.25) is 28.9 Å². The molecule has 0 bridgehead atoms. The van der Waals surface area contributed by atoms with Gasteiger partial charge in [0.1, 0.15) is 23.7 Å². The molecule has 2 rings (SSSR count). The smallest absolute Gasteiger partial charge is 0.408 e. The Labute approximate surface area is 412 Å². The van der Waals surface area contributed by atoms with E-state index in [0.29, 0.717) is 25.8 Å². The highest BCUT2D eigenvalue weighted by Crippen LogP contribution is 2.30. The molecule has 1 aromatic rings. The number of hydrogen-bond donors (Lipinski definition) is 4. The molecular formula is C51H87N7O11. The maximum Gasteiger partial charge on any atom is 0.408 e. The van der Waals surface area contributed by atoms with Gasteiger partial charge in [0.2, 0.25) is 29.5 Å². The van der Waals surface area contributed by atoms with Gasteiger partial charge >= 0.3 is 12.1 Å². The number of benzene rings is 1. The van der Waals surface area contributed by atoms with Gasteiger partial charge in [-0.05, 0) is 84.4 Å². The first kappa shape index (κ1) is 60.3. The third-order valence-electron chi connectivity index (χ3n) is 12.8. The lowest BCUT2D eigenvalue weighted by Gasteiger charge is -2.41. The van der Waals surface area contributed by atoms with Crippen molar-refractivity contribution in [3.05, 3.63) is 35.9 Å². The first-order valence-electron chi connectivity index (χ1n) is 24.7. The molecule has 10 atom stereocenters.